The van der Waals surface area contributed by atoms with Crippen LogP contribution in [0.1, 0.15) is 91.9 Å². The predicted octanol–water partition coefficient (Wildman–Crippen LogP) is 5.21. The maximum absolute atomic E-state index is 12.2. The second-order valence-electron chi connectivity index (χ2n) is 10.3. The molecule has 0 radical (unpaired) electrons. The minimum Gasteiger partial charge on any atom is -0.356 e. The van der Waals surface area contributed by atoms with Gasteiger partial charge in [-0.1, -0.05) is 59.8 Å². The van der Waals surface area contributed by atoms with Crippen molar-refractivity contribution in [3.8, 4) is 0 Å². The number of quaternary nitrogens is 1. The van der Waals surface area contributed by atoms with Crippen molar-refractivity contribution < 1.29 is 14.1 Å². The molecule has 0 aliphatic carbocycles. The van der Waals surface area contributed by atoms with Crippen molar-refractivity contribution in [1.29, 1.82) is 0 Å². The molecule has 0 aliphatic rings. The maximum Gasteiger partial charge on any atom is 0.220 e. The first-order chi connectivity index (χ1) is 13.0. The molecule has 0 saturated carbocycles. The smallest absolute Gasteiger partial charge is 0.220 e. The van der Waals surface area contributed by atoms with Gasteiger partial charge in [-0.25, -0.2) is 0 Å². The second kappa shape index (κ2) is 15.0. The summed E-state index contributed by atoms with van der Waals surface area (Å²) in [5.74, 6) is 1.68. The predicted molar refractivity (Wildman–Crippen MR) is 120 cm³/mol. The molecule has 28 heavy (non-hydrogen) atoms. The summed E-state index contributed by atoms with van der Waals surface area (Å²) in [6.07, 6.45) is 10.5. The van der Waals surface area contributed by atoms with Crippen molar-refractivity contribution in [2.45, 2.75) is 91.9 Å². The van der Waals surface area contributed by atoms with Crippen molar-refractivity contribution in [3.05, 3.63) is 0 Å². The zero-order valence-electron chi connectivity index (χ0n) is 20.0. The number of rotatable bonds is 17. The van der Waals surface area contributed by atoms with Crippen LogP contribution < -0.4 is 5.32 Å². The number of Topliss-reactive ketones (excluding diaryl/α,β-unsaturated/α-hetero) is 1. The first-order valence-corrected chi connectivity index (χ1v) is 11.6. The average Bonchev–Trinajstić information content (AvgIpc) is 2.58. The Hall–Kier alpha value is -0.900. The number of amides is 1. The van der Waals surface area contributed by atoms with E-state index >= 15 is 0 Å². The Labute approximate surface area is 175 Å². The van der Waals surface area contributed by atoms with Crippen molar-refractivity contribution >= 4 is 11.7 Å². The number of carbonyl (C=O) groups excluding carboxylic acids is 2. The molecule has 0 rings (SSSR count). The zero-order valence-corrected chi connectivity index (χ0v) is 20.0. The SMILES string of the molecule is CC(C)CCCCCCCNC(=O)CCC(CC[N+](C)(C)C)CC(=O)C(C)C. The summed E-state index contributed by atoms with van der Waals surface area (Å²) >= 11 is 0. The van der Waals surface area contributed by atoms with Gasteiger partial charge in [0.05, 0.1) is 27.7 Å². The van der Waals surface area contributed by atoms with Crippen LogP contribution in [-0.2, 0) is 9.59 Å². The third kappa shape index (κ3) is 17.2. The Morgan fingerprint density at radius 1 is 0.821 bits per heavy atom. The molecule has 0 spiro atoms. The molecular weight excluding hydrogens is 348 g/mol. The average molecular weight is 398 g/mol. The van der Waals surface area contributed by atoms with Crippen molar-refractivity contribution in [2.75, 3.05) is 34.2 Å². The van der Waals surface area contributed by atoms with E-state index in [1.165, 1.54) is 32.1 Å². The molecule has 0 aromatic carbocycles. The Morgan fingerprint density at radius 3 is 2.00 bits per heavy atom. The lowest BCUT2D eigenvalue weighted by Crippen LogP contribution is -2.36. The van der Waals surface area contributed by atoms with Gasteiger partial charge in [-0.15, -0.1) is 0 Å². The van der Waals surface area contributed by atoms with Gasteiger partial charge in [0.25, 0.3) is 0 Å². The normalized spacial score (nSPS) is 13.2. The van der Waals surface area contributed by atoms with Crippen LogP contribution in [0.15, 0.2) is 0 Å². The summed E-state index contributed by atoms with van der Waals surface area (Å²) in [6, 6.07) is 0. The summed E-state index contributed by atoms with van der Waals surface area (Å²) in [4.78, 5) is 24.4. The van der Waals surface area contributed by atoms with Gasteiger partial charge >= 0.3 is 0 Å². The first-order valence-electron chi connectivity index (χ1n) is 11.6. The molecule has 0 aromatic rings. The molecule has 1 unspecified atom stereocenters. The van der Waals surface area contributed by atoms with E-state index in [0.29, 0.717) is 24.5 Å². The standard InChI is InChI=1S/C24H48N2O2/c1-20(2)13-11-9-8-10-12-17-25-24(28)15-14-22(16-18-26(5,6)7)19-23(27)21(3)4/h20-22H,8-19H2,1-7H3/p+1. The second-order valence-corrected chi connectivity index (χ2v) is 10.3. The number of hydrogen-bond donors (Lipinski definition) is 1. The minimum atomic E-state index is 0.0843. The number of nitrogens with one attached hydrogen (secondary N) is 1. The van der Waals surface area contributed by atoms with Crippen LogP contribution in [0.5, 0.6) is 0 Å². The molecule has 0 bridgehead atoms. The molecule has 0 fully saturated rings. The van der Waals surface area contributed by atoms with Gasteiger partial charge in [0.1, 0.15) is 5.78 Å². The number of carbonyl (C=O) groups is 2. The van der Waals surface area contributed by atoms with E-state index in [-0.39, 0.29) is 11.8 Å². The summed E-state index contributed by atoms with van der Waals surface area (Å²) in [7, 11) is 6.53. The fourth-order valence-electron chi connectivity index (χ4n) is 3.30. The molecule has 0 aliphatic heterocycles. The van der Waals surface area contributed by atoms with Crippen LogP contribution in [0, 0.1) is 17.8 Å². The molecule has 166 valence electrons. The Balaban J connectivity index is 4.03. The Kier molecular flexibility index (Phi) is 14.5. The highest BCUT2D eigenvalue weighted by molar-refractivity contribution is 5.80. The van der Waals surface area contributed by atoms with E-state index in [1.54, 1.807) is 0 Å². The quantitative estimate of drug-likeness (QED) is 0.271. The molecular formula is C24H49N2O2+. The van der Waals surface area contributed by atoms with Crippen molar-refractivity contribution in [1.82, 2.24) is 5.32 Å². The summed E-state index contributed by atoms with van der Waals surface area (Å²) in [5.41, 5.74) is 0. The zero-order chi connectivity index (χ0) is 21.6. The van der Waals surface area contributed by atoms with Crippen molar-refractivity contribution in [2.24, 2.45) is 17.8 Å². The van der Waals surface area contributed by atoms with Crippen molar-refractivity contribution in [3.63, 3.8) is 0 Å². The van der Waals surface area contributed by atoms with Crippen LogP contribution in [0.3, 0.4) is 0 Å². The van der Waals surface area contributed by atoms with Crippen LogP contribution in [0.2, 0.25) is 0 Å². The van der Waals surface area contributed by atoms with E-state index in [0.717, 1.165) is 42.8 Å². The summed E-state index contributed by atoms with van der Waals surface area (Å²) in [6.45, 7) is 10.3. The fraction of sp³-hybridized carbons (Fsp3) is 0.917. The largest absolute Gasteiger partial charge is 0.356 e. The summed E-state index contributed by atoms with van der Waals surface area (Å²) in [5, 5.41) is 3.07. The minimum absolute atomic E-state index is 0.0843. The van der Waals surface area contributed by atoms with E-state index in [1.807, 2.05) is 13.8 Å². The molecule has 4 heteroatoms. The highest BCUT2D eigenvalue weighted by Crippen LogP contribution is 2.20. The van der Waals surface area contributed by atoms with Crippen LogP contribution in [0.4, 0.5) is 0 Å². The number of nitrogens with zero attached hydrogens (tertiary/aromatic N) is 1. The van der Waals surface area contributed by atoms with Gasteiger partial charge in [-0.2, -0.15) is 0 Å². The first kappa shape index (κ1) is 27.1. The lowest BCUT2D eigenvalue weighted by Gasteiger charge is -2.26. The van der Waals surface area contributed by atoms with Crippen LogP contribution in [0.25, 0.3) is 0 Å². The number of ketones is 1. The van der Waals surface area contributed by atoms with Gasteiger partial charge in [0, 0.05) is 25.3 Å². The molecule has 1 atom stereocenters. The molecule has 0 saturated heterocycles. The Bertz CT molecular complexity index is 425. The highest BCUT2D eigenvalue weighted by atomic mass is 16.1. The van der Waals surface area contributed by atoms with Gasteiger partial charge in [0.2, 0.25) is 5.91 Å². The topological polar surface area (TPSA) is 46.2 Å². The van der Waals surface area contributed by atoms with Crippen LogP contribution >= 0.6 is 0 Å². The molecule has 4 nitrogen and oxygen atoms in total. The number of unbranched alkanes of at least 4 members (excludes halogenated alkanes) is 4. The Morgan fingerprint density at radius 2 is 1.43 bits per heavy atom. The lowest BCUT2D eigenvalue weighted by atomic mass is 9.90. The van der Waals surface area contributed by atoms with E-state index < -0.39 is 0 Å². The van der Waals surface area contributed by atoms with E-state index in [2.05, 4.69) is 40.3 Å². The molecule has 0 heterocycles. The maximum atomic E-state index is 12.2. The van der Waals surface area contributed by atoms with E-state index in [4.69, 9.17) is 0 Å². The highest BCUT2D eigenvalue weighted by Gasteiger charge is 2.20. The van der Waals surface area contributed by atoms with Gasteiger partial charge in [-0.05, 0) is 31.1 Å². The molecule has 0 aromatic heterocycles. The number of hydrogen-bond acceptors (Lipinski definition) is 2. The van der Waals surface area contributed by atoms with E-state index in [9.17, 15) is 9.59 Å². The molecule has 1 amide bonds. The van der Waals surface area contributed by atoms with Crippen LogP contribution in [-0.4, -0.2) is 50.4 Å². The fourth-order valence-corrected chi connectivity index (χ4v) is 3.30. The third-order valence-corrected chi connectivity index (χ3v) is 5.40. The molecule has 1 N–H and O–H groups in total. The van der Waals surface area contributed by atoms with Gasteiger partial charge < -0.3 is 9.80 Å². The van der Waals surface area contributed by atoms with Gasteiger partial charge in [-0.3, -0.25) is 9.59 Å². The lowest BCUT2D eigenvalue weighted by molar-refractivity contribution is -0.870. The third-order valence-electron chi connectivity index (χ3n) is 5.40. The monoisotopic (exact) mass is 397 g/mol. The van der Waals surface area contributed by atoms with Gasteiger partial charge in [0.15, 0.2) is 0 Å². The summed E-state index contributed by atoms with van der Waals surface area (Å²) < 4.78 is 0.899.